The second kappa shape index (κ2) is 3.55. The number of aromatic nitrogens is 4. The zero-order valence-electron chi connectivity index (χ0n) is 9.32. The van der Waals surface area contributed by atoms with Gasteiger partial charge in [0.2, 0.25) is 0 Å². The third kappa shape index (κ3) is 1.42. The Bertz CT molecular complexity index is 546. The van der Waals surface area contributed by atoms with Gasteiger partial charge in [-0.1, -0.05) is 0 Å². The van der Waals surface area contributed by atoms with Crippen LogP contribution < -0.4 is 5.73 Å². The van der Waals surface area contributed by atoms with E-state index in [0.29, 0.717) is 17.1 Å². The molecule has 2 heterocycles. The Morgan fingerprint density at radius 3 is 2.44 bits per heavy atom. The van der Waals surface area contributed by atoms with Gasteiger partial charge in [-0.25, -0.2) is 19.0 Å². The van der Waals surface area contributed by atoms with E-state index >= 15 is 0 Å². The van der Waals surface area contributed by atoms with Crippen molar-refractivity contribution in [1.82, 2.24) is 19.7 Å². The summed E-state index contributed by atoms with van der Waals surface area (Å²) in [5, 5.41) is 4.14. The van der Waals surface area contributed by atoms with E-state index in [1.54, 1.807) is 20.8 Å². The van der Waals surface area contributed by atoms with Crippen molar-refractivity contribution in [2.75, 3.05) is 5.73 Å². The van der Waals surface area contributed by atoms with E-state index in [1.807, 2.05) is 0 Å². The van der Waals surface area contributed by atoms with Crippen LogP contribution in [0, 0.1) is 26.6 Å². The lowest BCUT2D eigenvalue weighted by Crippen LogP contribution is -2.07. The van der Waals surface area contributed by atoms with Gasteiger partial charge in [0.1, 0.15) is 6.33 Å². The molecule has 0 atom stereocenters. The Morgan fingerprint density at radius 2 is 1.88 bits per heavy atom. The van der Waals surface area contributed by atoms with Crippen molar-refractivity contribution in [3.05, 3.63) is 29.2 Å². The highest BCUT2D eigenvalue weighted by Gasteiger charge is 2.15. The summed E-state index contributed by atoms with van der Waals surface area (Å²) in [4.78, 5) is 7.65. The standard InChI is InChI=1S/C10H12FN5/c1-5-8(11)10(14-4-13-5)16-7(3)9(12)6(2)15-16/h4H,12H2,1-3H3. The molecule has 0 bridgehead atoms. The SMILES string of the molecule is Cc1nn(-c2ncnc(C)c2F)c(C)c1N. The number of rotatable bonds is 1. The first-order valence-corrected chi connectivity index (χ1v) is 4.81. The molecule has 0 fully saturated rings. The van der Waals surface area contributed by atoms with Crippen molar-refractivity contribution in [3.8, 4) is 5.82 Å². The molecule has 0 saturated carbocycles. The molecule has 2 aromatic heterocycles. The lowest BCUT2D eigenvalue weighted by atomic mass is 10.3. The second-order valence-electron chi connectivity index (χ2n) is 3.59. The fourth-order valence-electron chi connectivity index (χ4n) is 1.45. The summed E-state index contributed by atoms with van der Waals surface area (Å²) in [6, 6.07) is 0. The van der Waals surface area contributed by atoms with Crippen molar-refractivity contribution in [1.29, 1.82) is 0 Å². The molecule has 6 heteroatoms. The van der Waals surface area contributed by atoms with Gasteiger partial charge in [0.05, 0.1) is 22.8 Å². The van der Waals surface area contributed by atoms with Crippen LogP contribution in [-0.4, -0.2) is 19.7 Å². The molecule has 2 N–H and O–H groups in total. The third-order valence-electron chi connectivity index (χ3n) is 2.49. The fourth-order valence-corrected chi connectivity index (χ4v) is 1.45. The Balaban J connectivity index is 2.68. The molecular formula is C10H12FN5. The predicted molar refractivity (Wildman–Crippen MR) is 57.7 cm³/mol. The molecule has 0 spiro atoms. The highest BCUT2D eigenvalue weighted by Crippen LogP contribution is 2.20. The maximum absolute atomic E-state index is 13.8. The van der Waals surface area contributed by atoms with E-state index in [0.717, 1.165) is 0 Å². The minimum absolute atomic E-state index is 0.129. The number of aryl methyl sites for hydroxylation is 2. The molecule has 0 aliphatic heterocycles. The summed E-state index contributed by atoms with van der Waals surface area (Å²) in [5.41, 5.74) is 7.95. The second-order valence-corrected chi connectivity index (χ2v) is 3.59. The van der Waals surface area contributed by atoms with E-state index in [-0.39, 0.29) is 11.5 Å². The summed E-state index contributed by atoms with van der Waals surface area (Å²) >= 11 is 0. The minimum atomic E-state index is -0.479. The van der Waals surface area contributed by atoms with Crippen LogP contribution >= 0.6 is 0 Å². The van der Waals surface area contributed by atoms with E-state index in [1.165, 1.54) is 11.0 Å². The number of nitrogens with zero attached hydrogens (tertiary/aromatic N) is 4. The number of nitrogen functional groups attached to an aromatic ring is 1. The zero-order chi connectivity index (χ0) is 11.9. The maximum Gasteiger partial charge on any atom is 0.193 e. The minimum Gasteiger partial charge on any atom is -0.396 e. The lowest BCUT2D eigenvalue weighted by molar-refractivity contribution is 0.578. The molecule has 0 aliphatic rings. The number of hydrogen-bond acceptors (Lipinski definition) is 4. The van der Waals surface area contributed by atoms with Crippen molar-refractivity contribution in [2.45, 2.75) is 20.8 Å². The smallest absolute Gasteiger partial charge is 0.193 e. The monoisotopic (exact) mass is 221 g/mol. The largest absolute Gasteiger partial charge is 0.396 e. The van der Waals surface area contributed by atoms with Crippen LogP contribution in [-0.2, 0) is 0 Å². The van der Waals surface area contributed by atoms with Gasteiger partial charge < -0.3 is 5.73 Å². The lowest BCUT2D eigenvalue weighted by Gasteiger charge is -2.05. The maximum atomic E-state index is 13.8. The molecule has 0 saturated heterocycles. The molecule has 5 nitrogen and oxygen atoms in total. The molecule has 16 heavy (non-hydrogen) atoms. The van der Waals surface area contributed by atoms with Crippen LogP contribution in [0.15, 0.2) is 6.33 Å². The number of hydrogen-bond donors (Lipinski definition) is 1. The predicted octanol–water partition coefficient (Wildman–Crippen LogP) is 1.31. The molecular weight excluding hydrogens is 209 g/mol. The highest BCUT2D eigenvalue weighted by atomic mass is 19.1. The van der Waals surface area contributed by atoms with Crippen molar-refractivity contribution in [3.63, 3.8) is 0 Å². The Morgan fingerprint density at radius 1 is 1.19 bits per heavy atom. The van der Waals surface area contributed by atoms with Gasteiger partial charge >= 0.3 is 0 Å². The van der Waals surface area contributed by atoms with Gasteiger partial charge in [0.15, 0.2) is 11.6 Å². The van der Waals surface area contributed by atoms with Gasteiger partial charge in [0, 0.05) is 0 Å². The first-order chi connectivity index (χ1) is 7.52. The fraction of sp³-hybridized carbons (Fsp3) is 0.300. The zero-order valence-corrected chi connectivity index (χ0v) is 9.32. The molecule has 2 aromatic rings. The quantitative estimate of drug-likeness (QED) is 0.788. The Hall–Kier alpha value is -1.98. The summed E-state index contributed by atoms with van der Waals surface area (Å²) in [6.45, 7) is 5.12. The van der Waals surface area contributed by atoms with Crippen molar-refractivity contribution >= 4 is 5.69 Å². The summed E-state index contributed by atoms with van der Waals surface area (Å²) in [7, 11) is 0. The Labute approximate surface area is 92.1 Å². The van der Waals surface area contributed by atoms with Crippen LogP contribution in [0.5, 0.6) is 0 Å². The van der Waals surface area contributed by atoms with Crippen LogP contribution in [0.2, 0.25) is 0 Å². The average molecular weight is 221 g/mol. The van der Waals surface area contributed by atoms with E-state index in [4.69, 9.17) is 5.73 Å². The molecule has 0 radical (unpaired) electrons. The van der Waals surface area contributed by atoms with E-state index in [2.05, 4.69) is 15.1 Å². The number of nitrogens with two attached hydrogens (primary N) is 1. The van der Waals surface area contributed by atoms with Crippen molar-refractivity contribution < 1.29 is 4.39 Å². The molecule has 0 amide bonds. The third-order valence-corrected chi connectivity index (χ3v) is 2.49. The summed E-state index contributed by atoms with van der Waals surface area (Å²) in [6.07, 6.45) is 1.31. The van der Waals surface area contributed by atoms with Gasteiger partial charge in [-0.2, -0.15) is 5.10 Å². The summed E-state index contributed by atoms with van der Waals surface area (Å²) in [5.74, 6) is -0.349. The molecule has 0 unspecified atom stereocenters. The van der Waals surface area contributed by atoms with Gasteiger partial charge in [0.25, 0.3) is 0 Å². The van der Waals surface area contributed by atoms with Crippen LogP contribution in [0.4, 0.5) is 10.1 Å². The van der Waals surface area contributed by atoms with Crippen LogP contribution in [0.1, 0.15) is 17.1 Å². The van der Waals surface area contributed by atoms with Crippen LogP contribution in [0.3, 0.4) is 0 Å². The van der Waals surface area contributed by atoms with Gasteiger partial charge in [-0.15, -0.1) is 0 Å². The van der Waals surface area contributed by atoms with Crippen molar-refractivity contribution in [2.24, 2.45) is 0 Å². The van der Waals surface area contributed by atoms with Crippen LogP contribution in [0.25, 0.3) is 5.82 Å². The summed E-state index contributed by atoms with van der Waals surface area (Å²) < 4.78 is 15.2. The molecule has 0 aromatic carbocycles. The number of anilines is 1. The number of halogens is 1. The first-order valence-electron chi connectivity index (χ1n) is 4.81. The average Bonchev–Trinajstić information content (AvgIpc) is 2.50. The van der Waals surface area contributed by atoms with Gasteiger partial charge in [-0.3, -0.25) is 0 Å². The normalized spacial score (nSPS) is 10.8. The highest BCUT2D eigenvalue weighted by molar-refractivity contribution is 5.49. The molecule has 2 rings (SSSR count). The molecule has 0 aliphatic carbocycles. The molecule has 84 valence electrons. The topological polar surface area (TPSA) is 69.6 Å². The van der Waals surface area contributed by atoms with Gasteiger partial charge in [-0.05, 0) is 20.8 Å². The Kier molecular flexibility index (Phi) is 2.34. The first kappa shape index (κ1) is 10.5. The van der Waals surface area contributed by atoms with E-state index in [9.17, 15) is 4.39 Å². The van der Waals surface area contributed by atoms with E-state index < -0.39 is 5.82 Å².